The van der Waals surface area contributed by atoms with E-state index in [-0.39, 0.29) is 5.91 Å². The summed E-state index contributed by atoms with van der Waals surface area (Å²) in [6.45, 7) is 0.474. The Balaban J connectivity index is 2.11. The van der Waals surface area contributed by atoms with Crippen molar-refractivity contribution < 1.29 is 9.53 Å². The fraction of sp³-hybridized carbons (Fsp3) is 0.267. The number of benzene rings is 1. The largest absolute Gasteiger partial charge is 0.497 e. The molecule has 0 spiro atoms. The second-order valence-electron chi connectivity index (χ2n) is 4.55. The first-order chi connectivity index (χ1) is 10.1. The highest BCUT2D eigenvalue weighted by Crippen LogP contribution is 2.14. The van der Waals surface area contributed by atoms with Crippen LogP contribution in [0.4, 0.5) is 5.82 Å². The molecule has 0 aliphatic heterocycles. The molecule has 1 amide bonds. The smallest absolute Gasteiger partial charge is 0.274 e. The van der Waals surface area contributed by atoms with Crippen LogP contribution < -0.4 is 10.1 Å². The van der Waals surface area contributed by atoms with Crippen LogP contribution in [0.3, 0.4) is 0 Å². The van der Waals surface area contributed by atoms with Gasteiger partial charge >= 0.3 is 0 Å². The van der Waals surface area contributed by atoms with Gasteiger partial charge in [0.1, 0.15) is 17.3 Å². The standard InChI is InChI=1S/C15H18N4O2/c1-16-14-9-17-8-13(18-14)15(20)19(2)10-11-5-4-6-12(7-11)21-3/h4-9H,10H2,1-3H3,(H,16,18). The monoisotopic (exact) mass is 286 g/mol. The zero-order valence-electron chi connectivity index (χ0n) is 12.3. The van der Waals surface area contributed by atoms with Gasteiger partial charge in [0.15, 0.2) is 0 Å². The lowest BCUT2D eigenvalue weighted by Gasteiger charge is -2.17. The van der Waals surface area contributed by atoms with Gasteiger partial charge in [-0.2, -0.15) is 0 Å². The Hall–Kier alpha value is -2.63. The van der Waals surface area contributed by atoms with E-state index in [1.54, 1.807) is 32.3 Å². The topological polar surface area (TPSA) is 67.4 Å². The van der Waals surface area contributed by atoms with E-state index < -0.39 is 0 Å². The minimum absolute atomic E-state index is 0.178. The molecule has 6 nitrogen and oxygen atoms in total. The van der Waals surface area contributed by atoms with Gasteiger partial charge in [0.2, 0.25) is 0 Å². The van der Waals surface area contributed by atoms with E-state index in [2.05, 4.69) is 15.3 Å². The first kappa shape index (κ1) is 14.8. The van der Waals surface area contributed by atoms with Crippen molar-refractivity contribution in [1.82, 2.24) is 14.9 Å². The van der Waals surface area contributed by atoms with Crippen molar-refractivity contribution >= 4 is 11.7 Å². The van der Waals surface area contributed by atoms with Crippen molar-refractivity contribution in [2.75, 3.05) is 26.5 Å². The van der Waals surface area contributed by atoms with E-state index in [4.69, 9.17) is 4.74 Å². The van der Waals surface area contributed by atoms with Crippen LogP contribution in [-0.2, 0) is 6.54 Å². The molecule has 1 aromatic heterocycles. The highest BCUT2D eigenvalue weighted by atomic mass is 16.5. The van der Waals surface area contributed by atoms with Crippen molar-refractivity contribution in [3.05, 3.63) is 47.9 Å². The van der Waals surface area contributed by atoms with Crippen LogP contribution in [0.25, 0.3) is 0 Å². The molecule has 1 heterocycles. The van der Waals surface area contributed by atoms with Crippen molar-refractivity contribution in [3.63, 3.8) is 0 Å². The number of amides is 1. The maximum absolute atomic E-state index is 12.3. The zero-order chi connectivity index (χ0) is 15.2. The van der Waals surface area contributed by atoms with Gasteiger partial charge in [-0.1, -0.05) is 12.1 Å². The van der Waals surface area contributed by atoms with Crippen molar-refractivity contribution in [3.8, 4) is 5.75 Å². The number of ether oxygens (including phenoxy) is 1. The maximum Gasteiger partial charge on any atom is 0.274 e. The van der Waals surface area contributed by atoms with Gasteiger partial charge in [-0.05, 0) is 17.7 Å². The van der Waals surface area contributed by atoms with E-state index >= 15 is 0 Å². The summed E-state index contributed by atoms with van der Waals surface area (Å²) < 4.78 is 5.18. The Bertz CT molecular complexity index is 631. The summed E-state index contributed by atoms with van der Waals surface area (Å²) in [7, 11) is 5.08. The molecular formula is C15H18N4O2. The number of hydrogen-bond donors (Lipinski definition) is 1. The number of carbonyl (C=O) groups excluding carboxylic acids is 1. The molecule has 0 bridgehead atoms. The summed E-state index contributed by atoms with van der Waals surface area (Å²) in [6.07, 6.45) is 3.03. The molecule has 110 valence electrons. The third kappa shape index (κ3) is 3.68. The van der Waals surface area contributed by atoms with Crippen LogP contribution in [0, 0.1) is 0 Å². The van der Waals surface area contributed by atoms with E-state index in [9.17, 15) is 4.79 Å². The molecule has 2 aromatic rings. The predicted molar refractivity (Wildman–Crippen MR) is 80.4 cm³/mol. The summed E-state index contributed by atoms with van der Waals surface area (Å²) in [4.78, 5) is 22.1. The Morgan fingerprint density at radius 1 is 1.38 bits per heavy atom. The Labute approximate surface area is 123 Å². The Morgan fingerprint density at radius 3 is 2.90 bits per heavy atom. The molecule has 0 aliphatic rings. The van der Waals surface area contributed by atoms with Crippen molar-refractivity contribution in [2.24, 2.45) is 0 Å². The number of anilines is 1. The number of rotatable bonds is 5. The quantitative estimate of drug-likeness (QED) is 0.907. The maximum atomic E-state index is 12.3. The molecular weight excluding hydrogens is 268 g/mol. The van der Waals surface area contributed by atoms with Gasteiger partial charge in [-0.3, -0.25) is 9.78 Å². The van der Waals surface area contributed by atoms with Crippen LogP contribution in [-0.4, -0.2) is 42.0 Å². The van der Waals surface area contributed by atoms with E-state index in [0.29, 0.717) is 18.1 Å². The minimum atomic E-state index is -0.178. The predicted octanol–water partition coefficient (Wildman–Crippen LogP) is 1.80. The summed E-state index contributed by atoms with van der Waals surface area (Å²) in [5.41, 5.74) is 1.30. The summed E-state index contributed by atoms with van der Waals surface area (Å²) >= 11 is 0. The van der Waals surface area contributed by atoms with Gasteiger partial charge in [0.25, 0.3) is 5.91 Å². The molecule has 0 atom stereocenters. The lowest BCUT2D eigenvalue weighted by Crippen LogP contribution is -2.27. The molecule has 2 rings (SSSR count). The van der Waals surface area contributed by atoms with Gasteiger partial charge in [0, 0.05) is 20.6 Å². The second-order valence-corrected chi connectivity index (χ2v) is 4.55. The lowest BCUT2D eigenvalue weighted by molar-refractivity contribution is 0.0779. The van der Waals surface area contributed by atoms with E-state index in [1.807, 2.05) is 24.3 Å². The van der Waals surface area contributed by atoms with Crippen LogP contribution >= 0.6 is 0 Å². The van der Waals surface area contributed by atoms with Gasteiger partial charge in [-0.25, -0.2) is 4.98 Å². The summed E-state index contributed by atoms with van der Waals surface area (Å²) in [5.74, 6) is 1.16. The number of aromatic nitrogens is 2. The van der Waals surface area contributed by atoms with Gasteiger partial charge in [0.05, 0.1) is 19.5 Å². The minimum Gasteiger partial charge on any atom is -0.497 e. The molecule has 0 radical (unpaired) electrons. The molecule has 0 fully saturated rings. The van der Waals surface area contributed by atoms with Gasteiger partial charge < -0.3 is 15.0 Å². The summed E-state index contributed by atoms with van der Waals surface area (Å²) in [5, 5.41) is 2.87. The molecule has 1 aromatic carbocycles. The second kappa shape index (κ2) is 6.69. The number of nitrogens with zero attached hydrogens (tertiary/aromatic N) is 3. The normalized spacial score (nSPS) is 10.0. The Morgan fingerprint density at radius 2 is 2.19 bits per heavy atom. The molecule has 0 saturated carbocycles. The molecule has 0 unspecified atom stereocenters. The van der Waals surface area contributed by atoms with Crippen molar-refractivity contribution in [2.45, 2.75) is 6.54 Å². The van der Waals surface area contributed by atoms with Gasteiger partial charge in [-0.15, -0.1) is 0 Å². The van der Waals surface area contributed by atoms with Crippen LogP contribution in [0.15, 0.2) is 36.7 Å². The van der Waals surface area contributed by atoms with Crippen LogP contribution in [0.1, 0.15) is 16.1 Å². The van der Waals surface area contributed by atoms with Crippen LogP contribution in [0.2, 0.25) is 0 Å². The average Bonchev–Trinajstić information content (AvgIpc) is 2.54. The number of hydrogen-bond acceptors (Lipinski definition) is 5. The first-order valence-electron chi connectivity index (χ1n) is 6.52. The first-order valence-corrected chi connectivity index (χ1v) is 6.52. The third-order valence-electron chi connectivity index (χ3n) is 3.01. The zero-order valence-corrected chi connectivity index (χ0v) is 12.3. The molecule has 1 N–H and O–H groups in total. The van der Waals surface area contributed by atoms with E-state index in [1.165, 1.54) is 6.20 Å². The number of carbonyl (C=O) groups is 1. The SMILES string of the molecule is CNc1cncc(C(=O)N(C)Cc2cccc(OC)c2)n1. The van der Waals surface area contributed by atoms with Crippen LogP contribution in [0.5, 0.6) is 5.75 Å². The number of nitrogens with one attached hydrogen (secondary N) is 1. The fourth-order valence-corrected chi connectivity index (χ4v) is 1.90. The molecule has 0 aliphatic carbocycles. The highest BCUT2D eigenvalue weighted by Gasteiger charge is 2.14. The molecule has 6 heteroatoms. The molecule has 0 saturated heterocycles. The lowest BCUT2D eigenvalue weighted by atomic mass is 10.2. The molecule has 21 heavy (non-hydrogen) atoms. The number of methoxy groups -OCH3 is 1. The summed E-state index contributed by atoms with van der Waals surface area (Å²) in [6, 6.07) is 7.61. The fourth-order valence-electron chi connectivity index (χ4n) is 1.90. The average molecular weight is 286 g/mol. The van der Waals surface area contributed by atoms with Crippen molar-refractivity contribution in [1.29, 1.82) is 0 Å². The highest BCUT2D eigenvalue weighted by molar-refractivity contribution is 5.92. The van der Waals surface area contributed by atoms with E-state index in [0.717, 1.165) is 11.3 Å². The Kier molecular flexibility index (Phi) is 4.71. The third-order valence-corrected chi connectivity index (χ3v) is 3.01.